The summed E-state index contributed by atoms with van der Waals surface area (Å²) in [5.74, 6) is 0.748. The molecule has 0 radical (unpaired) electrons. The molecule has 2 heterocycles. The molecule has 0 unspecified atom stereocenters. The van der Waals surface area contributed by atoms with E-state index in [1.807, 2.05) is 24.4 Å². The van der Waals surface area contributed by atoms with Crippen molar-refractivity contribution in [3.05, 3.63) is 35.5 Å². The van der Waals surface area contributed by atoms with Gasteiger partial charge in [-0.15, -0.1) is 0 Å². The van der Waals surface area contributed by atoms with Crippen LogP contribution in [-0.2, 0) is 21.6 Å². The van der Waals surface area contributed by atoms with Crippen LogP contribution in [0.2, 0.25) is 0 Å². The first-order valence-corrected chi connectivity index (χ1v) is 10.3. The number of aromatic nitrogens is 1. The molecular weight excluding hydrogens is 340 g/mol. The summed E-state index contributed by atoms with van der Waals surface area (Å²) in [4.78, 5) is 15.5. The first-order chi connectivity index (χ1) is 13.2. The van der Waals surface area contributed by atoms with Crippen molar-refractivity contribution in [3.63, 3.8) is 0 Å². The molecule has 0 spiro atoms. The predicted octanol–water partition coefficient (Wildman–Crippen LogP) is 3.40. The zero-order chi connectivity index (χ0) is 18.7. The molecule has 27 heavy (non-hydrogen) atoms. The number of hydrogen-bond donors (Lipinski definition) is 3. The molecule has 146 valence electrons. The van der Waals surface area contributed by atoms with Crippen LogP contribution >= 0.6 is 0 Å². The van der Waals surface area contributed by atoms with E-state index in [2.05, 4.69) is 10.3 Å². The number of amides is 1. The van der Waals surface area contributed by atoms with Crippen LogP contribution < -0.4 is 5.32 Å². The van der Waals surface area contributed by atoms with Gasteiger partial charge in [0.2, 0.25) is 5.91 Å². The molecule has 1 saturated carbocycles. The summed E-state index contributed by atoms with van der Waals surface area (Å²) in [7, 11) is 0. The maximum Gasteiger partial charge on any atom is 0.220 e. The number of hydrogen-bond acceptors (Lipinski definition) is 3. The van der Waals surface area contributed by atoms with Gasteiger partial charge in [-0.1, -0.05) is 25.0 Å². The van der Waals surface area contributed by atoms with E-state index in [0.29, 0.717) is 44.9 Å². The standard InChI is InChI=1S/C22H30N2O3/c25-20(14-16-4-1-2-5-16)23-11-8-17-15-24-19-7-3-6-18(21(17)19)22(26)9-12-27-13-10-22/h3,6-7,15-16,24,26H,1-2,4-5,8-14H2,(H,23,25). The molecule has 2 aromatic rings. The van der Waals surface area contributed by atoms with E-state index in [1.165, 1.54) is 25.7 Å². The number of carbonyl (C=O) groups is 1. The average Bonchev–Trinajstić information content (AvgIpc) is 3.32. The van der Waals surface area contributed by atoms with Crippen LogP contribution in [0.3, 0.4) is 0 Å². The number of benzene rings is 1. The number of nitrogens with one attached hydrogen (secondary N) is 2. The fourth-order valence-corrected chi connectivity index (χ4v) is 4.70. The van der Waals surface area contributed by atoms with Crippen LogP contribution in [0.15, 0.2) is 24.4 Å². The second-order valence-corrected chi connectivity index (χ2v) is 8.14. The largest absolute Gasteiger partial charge is 0.385 e. The van der Waals surface area contributed by atoms with E-state index in [0.717, 1.165) is 28.5 Å². The lowest BCUT2D eigenvalue weighted by molar-refractivity contribution is -0.121. The molecule has 1 aliphatic carbocycles. The molecule has 2 aliphatic rings. The molecule has 4 rings (SSSR count). The number of ether oxygens (including phenoxy) is 1. The highest BCUT2D eigenvalue weighted by molar-refractivity contribution is 5.87. The number of H-pyrrole nitrogens is 1. The Morgan fingerprint density at radius 3 is 2.81 bits per heavy atom. The number of fused-ring (bicyclic) bond motifs is 1. The van der Waals surface area contributed by atoms with Gasteiger partial charge in [0.1, 0.15) is 0 Å². The van der Waals surface area contributed by atoms with Crippen molar-refractivity contribution < 1.29 is 14.6 Å². The lowest BCUT2D eigenvalue weighted by atomic mass is 9.83. The van der Waals surface area contributed by atoms with E-state index < -0.39 is 5.60 Å². The quantitative estimate of drug-likeness (QED) is 0.729. The van der Waals surface area contributed by atoms with E-state index >= 15 is 0 Å². The van der Waals surface area contributed by atoms with Crippen LogP contribution in [0.4, 0.5) is 0 Å². The average molecular weight is 370 g/mol. The van der Waals surface area contributed by atoms with Crippen LogP contribution in [0.1, 0.15) is 56.1 Å². The molecule has 0 bridgehead atoms. The van der Waals surface area contributed by atoms with Gasteiger partial charge >= 0.3 is 0 Å². The monoisotopic (exact) mass is 370 g/mol. The second kappa shape index (κ2) is 8.03. The number of carbonyl (C=O) groups excluding carboxylic acids is 1. The highest BCUT2D eigenvalue weighted by Crippen LogP contribution is 2.37. The number of aromatic amines is 1. The Balaban J connectivity index is 1.45. The van der Waals surface area contributed by atoms with Gasteiger partial charge in [-0.2, -0.15) is 0 Å². The molecule has 1 aromatic heterocycles. The topological polar surface area (TPSA) is 74.4 Å². The molecule has 1 aromatic carbocycles. The van der Waals surface area contributed by atoms with Crippen LogP contribution in [0.25, 0.3) is 10.9 Å². The summed E-state index contributed by atoms with van der Waals surface area (Å²) >= 11 is 0. The maximum absolute atomic E-state index is 12.2. The van der Waals surface area contributed by atoms with E-state index in [4.69, 9.17) is 4.74 Å². The van der Waals surface area contributed by atoms with Crippen LogP contribution in [0, 0.1) is 5.92 Å². The SMILES string of the molecule is O=C(CC1CCCC1)NCCc1c[nH]c2cccc(C3(O)CCOCC3)c12. The fourth-order valence-electron chi connectivity index (χ4n) is 4.70. The van der Waals surface area contributed by atoms with Crippen molar-refractivity contribution in [3.8, 4) is 0 Å². The Labute approximate surface area is 160 Å². The smallest absolute Gasteiger partial charge is 0.220 e. The second-order valence-electron chi connectivity index (χ2n) is 8.14. The van der Waals surface area contributed by atoms with Crippen LogP contribution in [0.5, 0.6) is 0 Å². The molecule has 2 fully saturated rings. The van der Waals surface area contributed by atoms with E-state index in [9.17, 15) is 9.90 Å². The van der Waals surface area contributed by atoms with Crippen molar-refractivity contribution in [1.82, 2.24) is 10.3 Å². The summed E-state index contributed by atoms with van der Waals surface area (Å²) in [6, 6.07) is 6.07. The minimum Gasteiger partial charge on any atom is -0.385 e. The summed E-state index contributed by atoms with van der Waals surface area (Å²) in [6.45, 7) is 1.81. The molecular formula is C22H30N2O3. The van der Waals surface area contributed by atoms with Gasteiger partial charge in [0.25, 0.3) is 0 Å². The Kier molecular flexibility index (Phi) is 5.50. The van der Waals surface area contributed by atoms with Gasteiger partial charge < -0.3 is 20.1 Å². The van der Waals surface area contributed by atoms with E-state index in [1.54, 1.807) is 0 Å². The van der Waals surface area contributed by atoms with Crippen LogP contribution in [-0.4, -0.2) is 35.8 Å². The van der Waals surface area contributed by atoms with E-state index in [-0.39, 0.29) is 5.91 Å². The third-order valence-electron chi connectivity index (χ3n) is 6.27. The zero-order valence-electron chi connectivity index (χ0n) is 15.9. The molecule has 1 saturated heterocycles. The summed E-state index contributed by atoms with van der Waals surface area (Å²) in [5.41, 5.74) is 2.35. The Morgan fingerprint density at radius 1 is 1.26 bits per heavy atom. The van der Waals surface area contributed by atoms with Gasteiger partial charge in [0.15, 0.2) is 0 Å². The lowest BCUT2D eigenvalue weighted by Gasteiger charge is -2.33. The molecule has 0 atom stereocenters. The minimum atomic E-state index is -0.833. The number of rotatable bonds is 6. The fraction of sp³-hybridized carbons (Fsp3) is 0.591. The van der Waals surface area contributed by atoms with Crippen molar-refractivity contribution >= 4 is 16.8 Å². The normalized spacial score (nSPS) is 20.2. The summed E-state index contributed by atoms with van der Waals surface area (Å²) in [6.07, 6.45) is 9.61. The van der Waals surface area contributed by atoms with Gasteiger partial charge in [-0.3, -0.25) is 4.79 Å². The first kappa shape index (κ1) is 18.5. The Hall–Kier alpha value is -1.85. The van der Waals surface area contributed by atoms with Crippen molar-refractivity contribution in [2.75, 3.05) is 19.8 Å². The predicted molar refractivity (Wildman–Crippen MR) is 106 cm³/mol. The Morgan fingerprint density at radius 2 is 2.04 bits per heavy atom. The van der Waals surface area contributed by atoms with Crippen molar-refractivity contribution in [2.45, 2.75) is 57.0 Å². The number of aliphatic hydroxyl groups is 1. The minimum absolute atomic E-state index is 0.171. The maximum atomic E-state index is 12.2. The van der Waals surface area contributed by atoms with Gasteiger partial charge in [0.05, 0.1) is 5.60 Å². The molecule has 5 heteroatoms. The van der Waals surface area contributed by atoms with Gasteiger partial charge in [0, 0.05) is 56.1 Å². The lowest BCUT2D eigenvalue weighted by Crippen LogP contribution is -2.33. The zero-order valence-corrected chi connectivity index (χ0v) is 15.9. The van der Waals surface area contributed by atoms with Gasteiger partial charge in [-0.25, -0.2) is 0 Å². The third kappa shape index (κ3) is 4.04. The van der Waals surface area contributed by atoms with Crippen molar-refractivity contribution in [1.29, 1.82) is 0 Å². The summed E-state index contributed by atoms with van der Waals surface area (Å²) in [5, 5.41) is 15.4. The van der Waals surface area contributed by atoms with Gasteiger partial charge in [-0.05, 0) is 42.4 Å². The molecule has 1 amide bonds. The molecule has 3 N–H and O–H groups in total. The molecule has 5 nitrogen and oxygen atoms in total. The third-order valence-corrected chi connectivity index (χ3v) is 6.27. The molecule has 1 aliphatic heterocycles. The first-order valence-electron chi connectivity index (χ1n) is 10.3. The highest BCUT2D eigenvalue weighted by Gasteiger charge is 2.34. The highest BCUT2D eigenvalue weighted by atomic mass is 16.5. The summed E-state index contributed by atoms with van der Waals surface area (Å²) < 4.78 is 5.44. The van der Waals surface area contributed by atoms with Crippen molar-refractivity contribution in [2.24, 2.45) is 5.92 Å². The Bertz CT molecular complexity index is 786.